The maximum atomic E-state index is 13.2. The summed E-state index contributed by atoms with van der Waals surface area (Å²) in [6, 6.07) is 18.1. The number of ether oxygens (including phenoxy) is 2. The second-order valence-electron chi connectivity index (χ2n) is 8.57. The van der Waals surface area contributed by atoms with E-state index >= 15 is 0 Å². The first-order valence-electron chi connectivity index (χ1n) is 11.9. The van der Waals surface area contributed by atoms with Gasteiger partial charge >= 0.3 is 19.8 Å². The number of hydrogen-bond donors (Lipinski definition) is 3. The summed E-state index contributed by atoms with van der Waals surface area (Å²) in [4.78, 5) is 44.5. The topological polar surface area (TPSA) is 170 Å². The summed E-state index contributed by atoms with van der Waals surface area (Å²) in [6.45, 7) is -1.37. The summed E-state index contributed by atoms with van der Waals surface area (Å²) >= 11 is 0. The Morgan fingerprint density at radius 1 is 1.12 bits per heavy atom. The molecule has 1 aliphatic rings. The van der Waals surface area contributed by atoms with Gasteiger partial charge in [-0.3, -0.25) is 19.1 Å². The molecule has 1 saturated heterocycles. The molecular weight excluding hydrogens is 545 g/mol. The van der Waals surface area contributed by atoms with Crippen LogP contribution in [0, 0.1) is 12.3 Å². The highest BCUT2D eigenvalue weighted by Gasteiger charge is 2.56. The van der Waals surface area contributed by atoms with Crippen molar-refractivity contribution in [3.63, 3.8) is 0 Å². The number of nitrogens with zero attached hydrogens (tertiary/aromatic N) is 2. The highest BCUT2D eigenvalue weighted by Crippen LogP contribution is 2.39. The van der Waals surface area contributed by atoms with Gasteiger partial charge in [0.25, 0.3) is 5.56 Å². The summed E-state index contributed by atoms with van der Waals surface area (Å²) in [5.74, 6) is 1.65. The number of esters is 1. The summed E-state index contributed by atoms with van der Waals surface area (Å²) in [6.07, 6.45) is 1.66. The van der Waals surface area contributed by atoms with Crippen LogP contribution < -0.4 is 16.1 Å². The van der Waals surface area contributed by atoms with Crippen LogP contribution in [0.5, 0.6) is 5.75 Å². The Hall–Kier alpha value is -4.15. The molecule has 3 N–H and O–H groups in total. The number of aliphatic hydroxyl groups excluding tert-OH is 2. The van der Waals surface area contributed by atoms with Crippen molar-refractivity contribution >= 4 is 14.1 Å². The number of carbonyl (C=O) groups is 1. The van der Waals surface area contributed by atoms with E-state index in [1.807, 2.05) is 11.1 Å². The number of benzene rings is 2. The average molecular weight is 570 g/mol. The normalized spacial score (nSPS) is 22.4. The molecule has 1 aromatic heterocycles. The molecule has 0 saturated carbocycles. The minimum Gasteiger partial charge on any atom is -0.460 e. The van der Waals surface area contributed by atoms with Crippen molar-refractivity contribution in [1.82, 2.24) is 14.4 Å². The van der Waals surface area contributed by atoms with Gasteiger partial charge in [-0.05, 0) is 22.3 Å². The van der Waals surface area contributed by atoms with Crippen molar-refractivity contribution in [3.05, 3.63) is 99.3 Å². The largest absolute Gasteiger partial charge is 0.653 e. The van der Waals surface area contributed by atoms with Gasteiger partial charge in [0.2, 0.25) is 0 Å². The minimum absolute atomic E-state index is 0.0277. The van der Waals surface area contributed by atoms with Gasteiger partial charge in [-0.1, -0.05) is 54.5 Å². The first-order valence-corrected chi connectivity index (χ1v) is 13.0. The van der Waals surface area contributed by atoms with E-state index < -0.39 is 62.6 Å². The number of terminal acetylenes is 1. The molecule has 2 heterocycles. The zero-order valence-electron chi connectivity index (χ0n) is 20.9. The number of para-hydroxylation sites is 1. The van der Waals surface area contributed by atoms with Gasteiger partial charge in [0.15, 0.2) is 24.1 Å². The molecule has 0 aliphatic carbocycles. The Kier molecular flexibility index (Phi) is 9.23. The lowest BCUT2D eigenvalue weighted by atomic mass is 9.97. The Morgan fingerprint density at radius 2 is 1.80 bits per heavy atom. The second kappa shape index (κ2) is 12.8. The van der Waals surface area contributed by atoms with Gasteiger partial charge in [-0.15, -0.1) is 10.9 Å². The Bertz CT molecular complexity index is 1490. The third kappa shape index (κ3) is 6.70. The number of aromatic nitrogens is 2. The van der Waals surface area contributed by atoms with E-state index in [0.717, 1.165) is 27.2 Å². The monoisotopic (exact) mass is 570 g/mol. The van der Waals surface area contributed by atoms with E-state index in [-0.39, 0.29) is 12.4 Å². The number of carbonyl (C=O) groups excluding carboxylic acids is 1. The van der Waals surface area contributed by atoms with Crippen LogP contribution >= 0.6 is 8.18 Å². The van der Waals surface area contributed by atoms with Crippen LogP contribution in [0.15, 0.2) is 82.5 Å². The number of nitrogens with one attached hydrogen (secondary N) is 1. The summed E-state index contributed by atoms with van der Waals surface area (Å²) in [5.41, 5.74) is -2.92. The van der Waals surface area contributed by atoms with Crippen molar-refractivity contribution in [1.29, 1.82) is 0 Å². The van der Waals surface area contributed by atoms with Gasteiger partial charge in [0.1, 0.15) is 30.3 Å². The van der Waals surface area contributed by atoms with Gasteiger partial charge < -0.3 is 24.5 Å². The van der Waals surface area contributed by atoms with Crippen LogP contribution in [0.2, 0.25) is 0 Å². The highest BCUT2D eigenvalue weighted by atomic mass is 31.1. The maximum Gasteiger partial charge on any atom is 0.653 e. The number of H-pyrrole nitrogens is 1. The van der Waals surface area contributed by atoms with E-state index in [4.69, 9.17) is 25.3 Å². The number of rotatable bonds is 11. The highest BCUT2D eigenvalue weighted by molar-refractivity contribution is 7.36. The molecule has 40 heavy (non-hydrogen) atoms. The molecule has 0 spiro atoms. The zero-order valence-corrected chi connectivity index (χ0v) is 21.8. The summed E-state index contributed by atoms with van der Waals surface area (Å²) in [5, 5.41) is 21.3. The first kappa shape index (κ1) is 28.8. The van der Waals surface area contributed by atoms with Crippen LogP contribution in [0.25, 0.3) is 0 Å². The third-order valence-electron chi connectivity index (χ3n) is 5.83. The lowest BCUT2D eigenvalue weighted by molar-refractivity contribution is -0.150. The number of hydrogen-bond acceptors (Lipinski definition) is 10. The van der Waals surface area contributed by atoms with Gasteiger partial charge in [0, 0.05) is 12.3 Å². The molecular formula is C26H25N3O10P+. The Labute approximate surface area is 228 Å². The van der Waals surface area contributed by atoms with Crippen molar-refractivity contribution in [3.8, 4) is 18.1 Å². The van der Waals surface area contributed by atoms with Gasteiger partial charge in [-0.2, -0.15) is 0 Å². The fourth-order valence-corrected chi connectivity index (χ4v) is 4.58. The fraction of sp³-hybridized carbons (Fsp3) is 0.269. The molecule has 14 heteroatoms. The predicted octanol–water partition coefficient (Wildman–Crippen LogP) is 0.873. The van der Waals surface area contributed by atoms with Crippen LogP contribution in [-0.4, -0.2) is 61.5 Å². The third-order valence-corrected chi connectivity index (χ3v) is 6.76. The summed E-state index contributed by atoms with van der Waals surface area (Å²) in [7, 11) is -2.96. The van der Waals surface area contributed by atoms with E-state index in [1.54, 1.807) is 54.6 Å². The summed E-state index contributed by atoms with van der Waals surface area (Å²) < 4.78 is 30.3. The van der Waals surface area contributed by atoms with Crippen molar-refractivity contribution in [2.75, 3.05) is 13.2 Å². The van der Waals surface area contributed by atoms with Crippen molar-refractivity contribution in [2.45, 2.75) is 30.6 Å². The van der Waals surface area contributed by atoms with Crippen LogP contribution in [0.1, 0.15) is 11.8 Å². The lowest BCUT2D eigenvalue weighted by Crippen LogP contribution is -2.45. The standard InChI is InChI=1S/C26H24N3O10P/c1-2-26(23(33)22(32)24(38-26)28-14-13-20(30)27-25(28)34)17-37-40(35)29(39-19-11-7-4-8-12-19)15-21(31)36-16-18-9-5-3-6-10-18/h1,3-14,22-24,32-33H,15-17H2/p+1/t22-,23+,24-,26-/m1/s1. The van der Waals surface area contributed by atoms with E-state index in [1.165, 1.54) is 0 Å². The molecule has 1 fully saturated rings. The second-order valence-corrected chi connectivity index (χ2v) is 9.75. The first-order chi connectivity index (χ1) is 19.2. The average Bonchev–Trinajstić information content (AvgIpc) is 3.21. The molecule has 0 amide bonds. The van der Waals surface area contributed by atoms with Crippen LogP contribution in [-0.2, 0) is 30.0 Å². The minimum atomic E-state index is -2.96. The fourth-order valence-electron chi connectivity index (χ4n) is 3.75. The molecule has 13 nitrogen and oxygen atoms in total. The molecule has 0 bridgehead atoms. The number of aromatic amines is 1. The van der Waals surface area contributed by atoms with Crippen molar-refractivity contribution in [2.24, 2.45) is 0 Å². The van der Waals surface area contributed by atoms with E-state index in [9.17, 15) is 29.2 Å². The van der Waals surface area contributed by atoms with E-state index in [2.05, 4.69) is 5.92 Å². The molecule has 4 rings (SSSR count). The Morgan fingerprint density at radius 3 is 2.45 bits per heavy atom. The van der Waals surface area contributed by atoms with E-state index in [0.29, 0.717) is 0 Å². The quantitative estimate of drug-likeness (QED) is 0.129. The number of hydroxylamine groups is 1. The molecule has 208 valence electrons. The predicted molar refractivity (Wildman–Crippen MR) is 139 cm³/mol. The van der Waals surface area contributed by atoms with Crippen molar-refractivity contribution < 1.29 is 38.4 Å². The molecule has 1 unspecified atom stereocenters. The maximum absolute atomic E-state index is 13.2. The molecule has 5 atom stereocenters. The molecule has 1 aliphatic heterocycles. The lowest BCUT2D eigenvalue weighted by Gasteiger charge is -2.23. The zero-order chi connectivity index (χ0) is 28.7. The molecule has 3 aromatic rings. The van der Waals surface area contributed by atoms with Crippen LogP contribution in [0.4, 0.5) is 0 Å². The van der Waals surface area contributed by atoms with Crippen LogP contribution in [0.3, 0.4) is 0 Å². The Balaban J connectivity index is 1.47. The smallest absolute Gasteiger partial charge is 0.460 e. The molecule has 0 radical (unpaired) electrons. The molecule has 2 aromatic carbocycles. The SMILES string of the molecule is C#C[C@]1(CO[P+](=O)N(CC(=O)OCc2ccccc2)Oc2ccccc2)O[C@@H](n2ccc(=O)[nH]c2=O)[C@H](O)[C@@H]1O. The van der Waals surface area contributed by atoms with Gasteiger partial charge in [-0.25, -0.2) is 4.79 Å². The number of aliphatic hydroxyl groups is 2. The van der Waals surface area contributed by atoms with Gasteiger partial charge in [0.05, 0.1) is 0 Å².